The summed E-state index contributed by atoms with van der Waals surface area (Å²) >= 11 is 0. The van der Waals surface area contributed by atoms with Crippen molar-refractivity contribution in [1.29, 1.82) is 0 Å². The van der Waals surface area contributed by atoms with Gasteiger partial charge in [-0.25, -0.2) is 9.80 Å². The molecule has 0 radical (unpaired) electrons. The van der Waals surface area contributed by atoms with Crippen LogP contribution >= 0.6 is 0 Å². The highest BCUT2D eigenvalue weighted by Gasteiger charge is 2.38. The Bertz CT molecular complexity index is 903. The number of nitrogens with zero attached hydrogens (tertiary/aromatic N) is 2. The van der Waals surface area contributed by atoms with Crippen LogP contribution in [0, 0.1) is 0 Å². The van der Waals surface area contributed by atoms with E-state index >= 15 is 0 Å². The highest BCUT2D eigenvalue weighted by atomic mass is 16.2. The maximum Gasteiger partial charge on any atom is 0.251 e. The lowest BCUT2D eigenvalue weighted by Gasteiger charge is -2.16. The fourth-order valence-electron chi connectivity index (χ4n) is 3.46. The minimum atomic E-state index is -0.788. The number of imide groups is 2. The van der Waals surface area contributed by atoms with Gasteiger partial charge in [-0.05, 0) is 35.4 Å². The number of anilines is 2. The Balaban J connectivity index is 1.56. The van der Waals surface area contributed by atoms with Crippen LogP contribution < -0.4 is 21.3 Å². The molecule has 8 heteroatoms. The van der Waals surface area contributed by atoms with Crippen molar-refractivity contribution in [1.82, 2.24) is 0 Å². The summed E-state index contributed by atoms with van der Waals surface area (Å²) in [5.74, 6) is -1.43. The van der Waals surface area contributed by atoms with Gasteiger partial charge in [0.2, 0.25) is 11.8 Å². The first-order valence-electron chi connectivity index (χ1n) is 8.82. The standard InChI is InChI=1S/C20H18N4O4/c21-15-9-17(25)23(19(15)27)13-5-1-11(2-6-13)12-3-7-14(8-4-12)24-18(26)10-16(22)20(24)28/h1-8,15-16H,9-10,21-22H2. The number of nitrogens with two attached hydrogens (primary N) is 2. The predicted octanol–water partition coefficient (Wildman–Crippen LogP) is 0.535. The van der Waals surface area contributed by atoms with Crippen LogP contribution in [0.15, 0.2) is 48.5 Å². The van der Waals surface area contributed by atoms with Gasteiger partial charge in [0, 0.05) is 0 Å². The summed E-state index contributed by atoms with van der Waals surface area (Å²) in [4.78, 5) is 50.1. The van der Waals surface area contributed by atoms with E-state index in [-0.39, 0.29) is 24.7 Å². The van der Waals surface area contributed by atoms with Crippen molar-refractivity contribution >= 4 is 35.0 Å². The highest BCUT2D eigenvalue weighted by Crippen LogP contribution is 2.29. The number of carbonyl (C=O) groups is 4. The topological polar surface area (TPSA) is 127 Å². The van der Waals surface area contributed by atoms with Crippen LogP contribution in [-0.2, 0) is 19.2 Å². The van der Waals surface area contributed by atoms with Gasteiger partial charge in [-0.1, -0.05) is 24.3 Å². The number of hydrogen-bond acceptors (Lipinski definition) is 6. The zero-order valence-corrected chi connectivity index (χ0v) is 14.9. The molecule has 2 atom stereocenters. The third-order valence-electron chi connectivity index (χ3n) is 4.95. The van der Waals surface area contributed by atoms with E-state index in [1.807, 2.05) is 0 Å². The van der Waals surface area contributed by atoms with Crippen molar-refractivity contribution < 1.29 is 19.2 Å². The average molecular weight is 378 g/mol. The first-order chi connectivity index (χ1) is 13.4. The Morgan fingerprint density at radius 3 is 1.18 bits per heavy atom. The van der Waals surface area contributed by atoms with Crippen LogP contribution in [-0.4, -0.2) is 35.7 Å². The second kappa shape index (κ2) is 6.66. The fourth-order valence-corrected chi connectivity index (χ4v) is 3.46. The van der Waals surface area contributed by atoms with Crippen molar-refractivity contribution in [3.63, 3.8) is 0 Å². The SMILES string of the molecule is NC1CC(=O)N(c2ccc(-c3ccc(N4C(=O)CC(N)C4=O)cc3)cc2)C1=O. The van der Waals surface area contributed by atoms with Crippen molar-refractivity contribution in [3.05, 3.63) is 48.5 Å². The molecule has 2 aromatic carbocycles. The first-order valence-corrected chi connectivity index (χ1v) is 8.82. The van der Waals surface area contributed by atoms with E-state index in [0.717, 1.165) is 20.9 Å². The molecule has 0 saturated carbocycles. The van der Waals surface area contributed by atoms with Crippen LogP contribution in [0.5, 0.6) is 0 Å². The minimum absolute atomic E-state index is 0.0135. The van der Waals surface area contributed by atoms with E-state index in [1.54, 1.807) is 48.5 Å². The monoisotopic (exact) mass is 378 g/mol. The van der Waals surface area contributed by atoms with Gasteiger partial charge in [0.25, 0.3) is 11.8 Å². The quantitative estimate of drug-likeness (QED) is 0.751. The lowest BCUT2D eigenvalue weighted by molar-refractivity contribution is -0.123. The van der Waals surface area contributed by atoms with E-state index in [9.17, 15) is 19.2 Å². The third kappa shape index (κ3) is 2.88. The number of benzene rings is 2. The Morgan fingerprint density at radius 2 is 0.929 bits per heavy atom. The summed E-state index contributed by atoms with van der Waals surface area (Å²) in [6.45, 7) is 0. The lowest BCUT2D eigenvalue weighted by Crippen LogP contribution is -2.35. The zero-order valence-electron chi connectivity index (χ0n) is 14.9. The molecule has 28 heavy (non-hydrogen) atoms. The van der Waals surface area contributed by atoms with Gasteiger partial charge in [-0.3, -0.25) is 19.2 Å². The van der Waals surface area contributed by atoms with Gasteiger partial charge >= 0.3 is 0 Å². The molecule has 0 aromatic heterocycles. The van der Waals surface area contributed by atoms with E-state index < -0.39 is 23.9 Å². The van der Waals surface area contributed by atoms with Gasteiger partial charge in [-0.2, -0.15) is 0 Å². The minimum Gasteiger partial charge on any atom is -0.319 e. The Morgan fingerprint density at radius 1 is 0.607 bits per heavy atom. The second-order valence-corrected chi connectivity index (χ2v) is 6.85. The first kappa shape index (κ1) is 18.0. The molecule has 4 amide bonds. The van der Waals surface area contributed by atoms with Crippen molar-refractivity contribution in [2.75, 3.05) is 9.80 Å². The van der Waals surface area contributed by atoms with Crippen LogP contribution in [0.1, 0.15) is 12.8 Å². The number of rotatable bonds is 3. The summed E-state index contributed by atoms with van der Waals surface area (Å²) < 4.78 is 0. The molecule has 4 N–H and O–H groups in total. The molecule has 2 heterocycles. The molecule has 142 valence electrons. The van der Waals surface area contributed by atoms with Crippen LogP contribution in [0.25, 0.3) is 11.1 Å². The molecule has 0 bridgehead atoms. The number of carbonyl (C=O) groups excluding carboxylic acids is 4. The molecule has 8 nitrogen and oxygen atoms in total. The van der Waals surface area contributed by atoms with Gasteiger partial charge in [0.15, 0.2) is 0 Å². The molecular formula is C20H18N4O4. The lowest BCUT2D eigenvalue weighted by atomic mass is 10.0. The zero-order chi connectivity index (χ0) is 20.0. The van der Waals surface area contributed by atoms with Gasteiger partial charge in [0.1, 0.15) is 0 Å². The van der Waals surface area contributed by atoms with Crippen molar-refractivity contribution in [2.45, 2.75) is 24.9 Å². The molecule has 2 saturated heterocycles. The molecule has 0 aliphatic carbocycles. The number of amides is 4. The van der Waals surface area contributed by atoms with Crippen LogP contribution in [0.2, 0.25) is 0 Å². The molecule has 2 aromatic rings. The maximum atomic E-state index is 12.0. The molecule has 4 rings (SSSR count). The smallest absolute Gasteiger partial charge is 0.251 e. The van der Waals surface area contributed by atoms with Gasteiger partial charge in [0.05, 0.1) is 36.3 Å². The van der Waals surface area contributed by atoms with E-state index in [2.05, 4.69) is 0 Å². The normalized spacial score (nSPS) is 22.5. The van der Waals surface area contributed by atoms with E-state index in [0.29, 0.717) is 11.4 Å². The highest BCUT2D eigenvalue weighted by molar-refractivity contribution is 6.23. The molecule has 0 spiro atoms. The Kier molecular flexibility index (Phi) is 4.29. The average Bonchev–Trinajstić information content (AvgIpc) is 3.09. The molecule has 2 fully saturated rings. The molecular weight excluding hydrogens is 360 g/mol. The van der Waals surface area contributed by atoms with Gasteiger partial charge < -0.3 is 11.5 Å². The summed E-state index contributed by atoms with van der Waals surface area (Å²) in [5, 5.41) is 0. The van der Waals surface area contributed by atoms with Gasteiger partial charge in [-0.15, -0.1) is 0 Å². The number of hydrogen-bond donors (Lipinski definition) is 2. The van der Waals surface area contributed by atoms with Crippen molar-refractivity contribution in [3.8, 4) is 11.1 Å². The van der Waals surface area contributed by atoms with E-state index in [4.69, 9.17) is 11.5 Å². The Labute approximate surface area is 160 Å². The third-order valence-corrected chi connectivity index (χ3v) is 4.95. The van der Waals surface area contributed by atoms with Crippen molar-refractivity contribution in [2.24, 2.45) is 11.5 Å². The maximum absolute atomic E-state index is 12.0. The Hall–Kier alpha value is -3.36. The second-order valence-electron chi connectivity index (χ2n) is 6.85. The summed E-state index contributed by atoms with van der Waals surface area (Å²) in [5.41, 5.74) is 13.9. The molecule has 2 aliphatic heterocycles. The molecule has 2 unspecified atom stereocenters. The summed E-state index contributed by atoms with van der Waals surface area (Å²) in [6.07, 6.45) is 0.0271. The predicted molar refractivity (Wildman–Crippen MR) is 102 cm³/mol. The molecule has 2 aliphatic rings. The van der Waals surface area contributed by atoms with Crippen LogP contribution in [0.3, 0.4) is 0 Å². The van der Waals surface area contributed by atoms with E-state index in [1.165, 1.54) is 0 Å². The largest absolute Gasteiger partial charge is 0.319 e. The summed E-state index contributed by atoms with van der Waals surface area (Å²) in [7, 11) is 0. The van der Waals surface area contributed by atoms with Crippen LogP contribution in [0.4, 0.5) is 11.4 Å². The summed E-state index contributed by atoms with van der Waals surface area (Å²) in [6, 6.07) is 12.3. The fraction of sp³-hybridized carbons (Fsp3) is 0.200.